The maximum absolute atomic E-state index is 12.3. The van der Waals surface area contributed by atoms with Crippen molar-refractivity contribution in [3.8, 4) is 17.2 Å². The fourth-order valence-electron chi connectivity index (χ4n) is 3.03. The average molecular weight is 421 g/mol. The molecule has 2 aromatic carbocycles. The van der Waals surface area contributed by atoms with Crippen molar-refractivity contribution in [3.63, 3.8) is 0 Å². The van der Waals surface area contributed by atoms with Gasteiger partial charge in [0.1, 0.15) is 11.5 Å². The molecule has 0 aliphatic carbocycles. The molecule has 0 saturated heterocycles. The summed E-state index contributed by atoms with van der Waals surface area (Å²) in [5, 5.41) is 2.77. The highest BCUT2D eigenvalue weighted by atomic mass is 16.5. The number of aryl methyl sites for hydroxylation is 1. The van der Waals surface area contributed by atoms with Gasteiger partial charge in [-0.15, -0.1) is 0 Å². The van der Waals surface area contributed by atoms with Crippen LogP contribution in [0.5, 0.6) is 17.2 Å². The lowest BCUT2D eigenvalue weighted by atomic mass is 10.1. The van der Waals surface area contributed by atoms with Crippen LogP contribution in [0.2, 0.25) is 0 Å². The van der Waals surface area contributed by atoms with Crippen LogP contribution in [-0.2, 0) is 11.3 Å². The van der Waals surface area contributed by atoms with Crippen LogP contribution in [0.15, 0.2) is 71.7 Å². The van der Waals surface area contributed by atoms with E-state index in [-0.39, 0.29) is 23.7 Å². The zero-order valence-corrected chi connectivity index (χ0v) is 18.1. The lowest BCUT2D eigenvalue weighted by Gasteiger charge is -2.15. The smallest absolute Gasteiger partial charge is 0.262 e. The van der Waals surface area contributed by atoms with Gasteiger partial charge in [-0.2, -0.15) is 0 Å². The molecule has 3 rings (SSSR count). The highest BCUT2D eigenvalue weighted by molar-refractivity contribution is 5.91. The van der Waals surface area contributed by atoms with Gasteiger partial charge in [0, 0.05) is 24.5 Å². The molecule has 0 spiro atoms. The quantitative estimate of drug-likeness (QED) is 0.528. The van der Waals surface area contributed by atoms with Crippen LogP contribution in [0.25, 0.3) is 0 Å². The minimum absolute atomic E-state index is 0.216. The molecular weight excluding hydrogens is 392 g/mol. The summed E-state index contributed by atoms with van der Waals surface area (Å²) in [5.41, 5.74) is 1.12. The minimum atomic E-state index is -0.340. The van der Waals surface area contributed by atoms with Gasteiger partial charge in [-0.3, -0.25) is 9.59 Å². The molecule has 0 bridgehead atoms. The number of pyridine rings is 1. The number of benzene rings is 2. The number of para-hydroxylation sites is 1. The van der Waals surface area contributed by atoms with Gasteiger partial charge in [-0.05, 0) is 55.7 Å². The maximum atomic E-state index is 12.3. The van der Waals surface area contributed by atoms with Gasteiger partial charge in [-0.1, -0.05) is 32.0 Å². The van der Waals surface area contributed by atoms with Gasteiger partial charge in [0.15, 0.2) is 12.4 Å². The Balaban J connectivity index is 1.56. The third kappa shape index (κ3) is 6.47. The number of hydrogen-bond acceptors (Lipinski definition) is 4. The van der Waals surface area contributed by atoms with E-state index in [1.165, 1.54) is 6.07 Å². The van der Waals surface area contributed by atoms with Gasteiger partial charge < -0.3 is 19.4 Å². The predicted molar refractivity (Wildman–Crippen MR) is 122 cm³/mol. The highest BCUT2D eigenvalue weighted by Crippen LogP contribution is 2.22. The van der Waals surface area contributed by atoms with Crippen LogP contribution in [0, 0.1) is 12.8 Å². The van der Waals surface area contributed by atoms with E-state index in [0.717, 1.165) is 24.4 Å². The summed E-state index contributed by atoms with van der Waals surface area (Å²) in [6.07, 6.45) is 2.76. The number of nitrogens with zero attached hydrogens (tertiary/aromatic N) is 1. The molecular formula is C25H28N2O4. The first kappa shape index (κ1) is 22.2. The summed E-state index contributed by atoms with van der Waals surface area (Å²) in [6.45, 7) is 6.69. The second kappa shape index (κ2) is 10.5. The predicted octanol–water partition coefficient (Wildman–Crippen LogP) is 5.01. The summed E-state index contributed by atoms with van der Waals surface area (Å²) in [6, 6.07) is 18.0. The molecule has 0 unspecified atom stereocenters. The van der Waals surface area contributed by atoms with Crippen LogP contribution >= 0.6 is 0 Å². The molecule has 162 valence electrons. The van der Waals surface area contributed by atoms with Crippen LogP contribution in [-0.4, -0.2) is 17.1 Å². The zero-order valence-electron chi connectivity index (χ0n) is 18.1. The molecule has 1 amide bonds. The molecule has 6 heteroatoms. The molecule has 3 aromatic rings. The Morgan fingerprint density at radius 1 is 1.00 bits per heavy atom. The first-order valence-corrected chi connectivity index (χ1v) is 10.4. The van der Waals surface area contributed by atoms with E-state index in [4.69, 9.17) is 9.47 Å². The van der Waals surface area contributed by atoms with Crippen LogP contribution in [0.1, 0.15) is 26.0 Å². The monoisotopic (exact) mass is 420 g/mol. The molecule has 0 atom stereocenters. The first-order valence-electron chi connectivity index (χ1n) is 10.4. The normalized spacial score (nSPS) is 10.7. The number of carbonyl (C=O) groups excluding carboxylic acids is 1. The van der Waals surface area contributed by atoms with E-state index in [1.54, 1.807) is 30.5 Å². The van der Waals surface area contributed by atoms with Crippen molar-refractivity contribution < 1.29 is 14.3 Å². The van der Waals surface area contributed by atoms with Gasteiger partial charge in [-0.25, -0.2) is 0 Å². The molecule has 1 N–H and O–H groups in total. The number of amides is 1. The third-order valence-corrected chi connectivity index (χ3v) is 4.80. The molecule has 0 radical (unpaired) electrons. The fraction of sp³-hybridized carbons (Fsp3) is 0.280. The number of aromatic nitrogens is 1. The van der Waals surface area contributed by atoms with E-state index < -0.39 is 0 Å². The van der Waals surface area contributed by atoms with Crippen LogP contribution in [0.4, 0.5) is 5.69 Å². The summed E-state index contributed by atoms with van der Waals surface area (Å²) < 4.78 is 13.3. The third-order valence-electron chi connectivity index (χ3n) is 4.80. The highest BCUT2D eigenvalue weighted by Gasteiger charge is 2.12. The summed E-state index contributed by atoms with van der Waals surface area (Å²) in [5.74, 6) is 1.84. The van der Waals surface area contributed by atoms with Gasteiger partial charge in [0.2, 0.25) is 5.43 Å². The number of carbonyl (C=O) groups is 1. The molecule has 0 saturated carbocycles. The van der Waals surface area contributed by atoms with Crippen molar-refractivity contribution in [2.75, 3.05) is 11.9 Å². The lowest BCUT2D eigenvalue weighted by molar-refractivity contribution is -0.118. The Kier molecular flexibility index (Phi) is 7.49. The molecule has 0 aliphatic rings. The van der Waals surface area contributed by atoms with E-state index in [2.05, 4.69) is 19.2 Å². The molecule has 1 aromatic heterocycles. The topological polar surface area (TPSA) is 69.6 Å². The van der Waals surface area contributed by atoms with E-state index >= 15 is 0 Å². The van der Waals surface area contributed by atoms with E-state index in [0.29, 0.717) is 17.4 Å². The van der Waals surface area contributed by atoms with Gasteiger partial charge in [0.05, 0.1) is 5.69 Å². The second-order valence-electron chi connectivity index (χ2n) is 7.75. The van der Waals surface area contributed by atoms with E-state index in [9.17, 15) is 9.59 Å². The lowest BCUT2D eigenvalue weighted by Crippen LogP contribution is -2.23. The van der Waals surface area contributed by atoms with Crippen molar-refractivity contribution in [2.45, 2.75) is 33.7 Å². The van der Waals surface area contributed by atoms with Gasteiger partial charge >= 0.3 is 0 Å². The zero-order chi connectivity index (χ0) is 22.2. The average Bonchev–Trinajstić information content (AvgIpc) is 2.75. The van der Waals surface area contributed by atoms with Crippen LogP contribution in [0.3, 0.4) is 0 Å². The Labute approximate surface area is 182 Å². The Hall–Kier alpha value is -3.54. The Morgan fingerprint density at radius 3 is 2.35 bits per heavy atom. The number of nitrogens with one attached hydrogen (secondary N) is 1. The minimum Gasteiger partial charge on any atom is -0.478 e. The van der Waals surface area contributed by atoms with Crippen molar-refractivity contribution in [3.05, 3.63) is 82.8 Å². The Morgan fingerprint density at radius 2 is 1.68 bits per heavy atom. The summed E-state index contributed by atoms with van der Waals surface area (Å²) in [7, 11) is 0. The van der Waals surface area contributed by atoms with Crippen molar-refractivity contribution in [2.24, 2.45) is 5.92 Å². The number of rotatable bonds is 9. The molecule has 0 aliphatic heterocycles. The molecule has 31 heavy (non-hydrogen) atoms. The Bertz CT molecular complexity index is 1060. The SMILES string of the molecule is Cc1c(OCC(=O)Nc2ccc(Oc3ccccc3)cc2)c(=O)ccn1CCC(C)C. The molecule has 6 nitrogen and oxygen atoms in total. The molecule has 1 heterocycles. The number of anilines is 1. The fourth-order valence-corrected chi connectivity index (χ4v) is 3.03. The maximum Gasteiger partial charge on any atom is 0.262 e. The summed E-state index contributed by atoms with van der Waals surface area (Å²) in [4.78, 5) is 24.5. The first-order chi connectivity index (χ1) is 14.9. The van der Waals surface area contributed by atoms with Crippen LogP contribution < -0.4 is 20.2 Å². The number of ether oxygens (including phenoxy) is 2. The van der Waals surface area contributed by atoms with Crippen molar-refractivity contribution in [1.29, 1.82) is 0 Å². The van der Waals surface area contributed by atoms with E-state index in [1.807, 2.05) is 41.8 Å². The number of hydrogen-bond donors (Lipinski definition) is 1. The largest absolute Gasteiger partial charge is 0.478 e. The standard InChI is InChI=1S/C25H28N2O4/c1-18(2)13-15-27-16-14-23(28)25(19(27)3)30-17-24(29)26-20-9-11-22(12-10-20)31-21-7-5-4-6-8-21/h4-12,14,16,18H,13,15,17H2,1-3H3,(H,26,29). The van der Waals surface area contributed by atoms with Gasteiger partial charge in [0.25, 0.3) is 5.91 Å². The summed E-state index contributed by atoms with van der Waals surface area (Å²) >= 11 is 0. The van der Waals surface area contributed by atoms with Crippen molar-refractivity contribution >= 4 is 11.6 Å². The molecule has 0 fully saturated rings. The second-order valence-corrected chi connectivity index (χ2v) is 7.75. The van der Waals surface area contributed by atoms with Crippen molar-refractivity contribution in [1.82, 2.24) is 4.57 Å².